The fourth-order valence-corrected chi connectivity index (χ4v) is 3.69. The lowest BCUT2D eigenvalue weighted by Crippen LogP contribution is -2.20. The predicted octanol–water partition coefficient (Wildman–Crippen LogP) is 4.78. The van der Waals surface area contributed by atoms with Crippen LogP contribution in [-0.2, 0) is 0 Å². The van der Waals surface area contributed by atoms with Gasteiger partial charge < -0.3 is 10.1 Å². The molecule has 0 fully saturated rings. The molecule has 1 N–H and O–H groups in total. The Balaban J connectivity index is 1.52. The van der Waals surface area contributed by atoms with E-state index in [-0.39, 0.29) is 17.3 Å². The van der Waals surface area contributed by atoms with E-state index in [1.54, 1.807) is 73.8 Å². The number of hydrogen-bond acceptors (Lipinski definition) is 5. The Morgan fingerprint density at radius 2 is 1.75 bits per heavy atom. The van der Waals surface area contributed by atoms with Gasteiger partial charge >= 0.3 is 0 Å². The fraction of sp³-hybridized carbons (Fsp3) is 0.0417. The van der Waals surface area contributed by atoms with Crippen molar-refractivity contribution < 1.29 is 13.9 Å². The Bertz CT molecular complexity index is 1310. The Labute approximate surface area is 187 Å². The Morgan fingerprint density at radius 1 is 1.00 bits per heavy atom. The van der Waals surface area contributed by atoms with Crippen molar-refractivity contribution in [3.63, 3.8) is 0 Å². The zero-order valence-electron chi connectivity index (χ0n) is 17.0. The summed E-state index contributed by atoms with van der Waals surface area (Å²) in [6.45, 7) is 0. The minimum atomic E-state index is -0.317. The second-order valence-electron chi connectivity index (χ2n) is 6.71. The third-order valence-corrected chi connectivity index (χ3v) is 5.45. The van der Waals surface area contributed by atoms with Crippen molar-refractivity contribution in [3.05, 3.63) is 107 Å². The SMILES string of the molecule is COc1cccc(NC(=O)c2ccc(-n3nc(Sc4ccc(F)cc4)ccc3=O)cc2)c1. The summed E-state index contributed by atoms with van der Waals surface area (Å²) < 4.78 is 19.5. The van der Waals surface area contributed by atoms with Crippen LogP contribution >= 0.6 is 11.8 Å². The predicted molar refractivity (Wildman–Crippen MR) is 121 cm³/mol. The lowest BCUT2D eigenvalue weighted by atomic mass is 10.2. The molecule has 0 saturated heterocycles. The Kier molecular flexibility index (Phi) is 6.32. The molecule has 160 valence electrons. The Hall–Kier alpha value is -3.91. The van der Waals surface area contributed by atoms with Crippen molar-refractivity contribution in [1.82, 2.24) is 9.78 Å². The molecule has 6 nitrogen and oxygen atoms in total. The van der Waals surface area contributed by atoms with Gasteiger partial charge in [-0.25, -0.2) is 4.39 Å². The van der Waals surface area contributed by atoms with Gasteiger partial charge in [-0.15, -0.1) is 0 Å². The monoisotopic (exact) mass is 447 g/mol. The molecule has 4 aromatic rings. The van der Waals surface area contributed by atoms with E-state index < -0.39 is 0 Å². The van der Waals surface area contributed by atoms with E-state index in [0.29, 0.717) is 27.7 Å². The van der Waals surface area contributed by atoms with Gasteiger partial charge in [0.05, 0.1) is 12.8 Å². The minimum Gasteiger partial charge on any atom is -0.497 e. The maximum Gasteiger partial charge on any atom is 0.271 e. The summed E-state index contributed by atoms with van der Waals surface area (Å²) in [4.78, 5) is 25.7. The number of anilines is 1. The smallest absolute Gasteiger partial charge is 0.271 e. The van der Waals surface area contributed by atoms with Gasteiger partial charge in [-0.05, 0) is 66.7 Å². The van der Waals surface area contributed by atoms with Gasteiger partial charge in [-0.1, -0.05) is 17.8 Å². The first-order valence-electron chi connectivity index (χ1n) is 9.61. The molecule has 0 unspecified atom stereocenters. The molecule has 3 aromatic carbocycles. The molecule has 0 saturated carbocycles. The maximum atomic E-state index is 13.1. The number of methoxy groups -OCH3 is 1. The summed E-state index contributed by atoms with van der Waals surface area (Å²) in [5, 5.41) is 7.77. The van der Waals surface area contributed by atoms with E-state index in [1.807, 2.05) is 0 Å². The molecule has 0 aliphatic heterocycles. The van der Waals surface area contributed by atoms with Gasteiger partial charge in [0.25, 0.3) is 11.5 Å². The molecule has 0 spiro atoms. The zero-order valence-corrected chi connectivity index (χ0v) is 17.8. The molecule has 0 radical (unpaired) electrons. The van der Waals surface area contributed by atoms with E-state index in [4.69, 9.17) is 4.74 Å². The number of hydrogen-bond donors (Lipinski definition) is 1. The number of carbonyl (C=O) groups is 1. The van der Waals surface area contributed by atoms with Gasteiger partial charge in [0.2, 0.25) is 0 Å². The molecule has 4 rings (SSSR count). The van der Waals surface area contributed by atoms with E-state index >= 15 is 0 Å². The summed E-state index contributed by atoms with van der Waals surface area (Å²) in [5.41, 5.74) is 1.26. The summed E-state index contributed by atoms with van der Waals surface area (Å²) >= 11 is 1.31. The van der Waals surface area contributed by atoms with Crippen LogP contribution in [0.15, 0.2) is 99.6 Å². The zero-order chi connectivity index (χ0) is 22.5. The van der Waals surface area contributed by atoms with Gasteiger partial charge in [0, 0.05) is 28.3 Å². The largest absolute Gasteiger partial charge is 0.497 e. The van der Waals surface area contributed by atoms with Gasteiger partial charge in [-0.2, -0.15) is 9.78 Å². The molecule has 0 aliphatic rings. The number of ether oxygens (including phenoxy) is 1. The Morgan fingerprint density at radius 3 is 2.47 bits per heavy atom. The van der Waals surface area contributed by atoms with Crippen LogP contribution in [0.5, 0.6) is 5.75 Å². The van der Waals surface area contributed by atoms with Crippen molar-refractivity contribution in [2.24, 2.45) is 0 Å². The normalized spacial score (nSPS) is 10.6. The van der Waals surface area contributed by atoms with Crippen LogP contribution in [0.2, 0.25) is 0 Å². The number of carbonyl (C=O) groups excluding carboxylic acids is 1. The molecule has 1 heterocycles. The van der Waals surface area contributed by atoms with Crippen LogP contribution in [0.3, 0.4) is 0 Å². The van der Waals surface area contributed by atoms with Gasteiger partial charge in [-0.3, -0.25) is 9.59 Å². The van der Waals surface area contributed by atoms with Crippen LogP contribution in [0.25, 0.3) is 5.69 Å². The maximum absolute atomic E-state index is 13.1. The molecular weight excluding hydrogens is 429 g/mol. The molecule has 1 amide bonds. The van der Waals surface area contributed by atoms with Gasteiger partial charge in [0.1, 0.15) is 16.6 Å². The standard InChI is InChI=1S/C24H18FN3O3S/c1-31-20-4-2-3-18(15-20)26-24(30)16-5-9-19(10-6-16)28-23(29)14-13-22(27-28)32-21-11-7-17(25)8-12-21/h2-15H,1H3,(H,26,30). The highest BCUT2D eigenvalue weighted by Crippen LogP contribution is 2.25. The van der Waals surface area contributed by atoms with Crippen molar-refractivity contribution in [2.75, 3.05) is 12.4 Å². The lowest BCUT2D eigenvalue weighted by Gasteiger charge is -2.09. The van der Waals surface area contributed by atoms with Crippen LogP contribution in [0.4, 0.5) is 10.1 Å². The average molecular weight is 447 g/mol. The number of aromatic nitrogens is 2. The molecular formula is C24H18FN3O3S. The van der Waals surface area contributed by atoms with Crippen LogP contribution < -0.4 is 15.6 Å². The van der Waals surface area contributed by atoms with E-state index in [1.165, 1.54) is 34.6 Å². The van der Waals surface area contributed by atoms with Crippen molar-refractivity contribution >= 4 is 23.4 Å². The second kappa shape index (κ2) is 9.49. The molecule has 0 aliphatic carbocycles. The van der Waals surface area contributed by atoms with Crippen molar-refractivity contribution in [2.45, 2.75) is 9.92 Å². The van der Waals surface area contributed by atoms with Crippen molar-refractivity contribution in [3.8, 4) is 11.4 Å². The fourth-order valence-electron chi connectivity index (χ4n) is 2.92. The highest BCUT2D eigenvalue weighted by atomic mass is 32.2. The van der Waals surface area contributed by atoms with Gasteiger partial charge in [0.15, 0.2) is 0 Å². The number of nitrogens with zero attached hydrogens (tertiary/aromatic N) is 2. The molecule has 1 aromatic heterocycles. The molecule has 8 heteroatoms. The average Bonchev–Trinajstić information content (AvgIpc) is 2.82. The number of amides is 1. The second-order valence-corrected chi connectivity index (χ2v) is 7.80. The van der Waals surface area contributed by atoms with E-state index in [9.17, 15) is 14.0 Å². The van der Waals surface area contributed by atoms with Crippen LogP contribution in [0.1, 0.15) is 10.4 Å². The highest BCUT2D eigenvalue weighted by Gasteiger charge is 2.09. The summed E-state index contributed by atoms with van der Waals surface area (Å²) in [6, 6.07) is 22.7. The summed E-state index contributed by atoms with van der Waals surface area (Å²) in [7, 11) is 1.56. The van der Waals surface area contributed by atoms with Crippen LogP contribution in [0, 0.1) is 5.82 Å². The van der Waals surface area contributed by atoms with E-state index in [0.717, 1.165) is 4.90 Å². The quantitative estimate of drug-likeness (QED) is 0.460. The highest BCUT2D eigenvalue weighted by molar-refractivity contribution is 7.99. The third kappa shape index (κ3) is 5.04. The first-order valence-corrected chi connectivity index (χ1v) is 10.4. The minimum absolute atomic E-state index is 0.286. The number of rotatable bonds is 6. The number of nitrogens with one attached hydrogen (secondary N) is 1. The summed E-state index contributed by atoms with van der Waals surface area (Å²) in [5.74, 6) is 0.0375. The summed E-state index contributed by atoms with van der Waals surface area (Å²) in [6.07, 6.45) is 0. The topological polar surface area (TPSA) is 73.2 Å². The van der Waals surface area contributed by atoms with E-state index in [2.05, 4.69) is 10.4 Å². The first kappa shape index (κ1) is 21.3. The van der Waals surface area contributed by atoms with Crippen LogP contribution in [-0.4, -0.2) is 22.8 Å². The number of halogens is 1. The molecule has 0 bridgehead atoms. The van der Waals surface area contributed by atoms with Crippen molar-refractivity contribution in [1.29, 1.82) is 0 Å². The molecule has 0 atom stereocenters. The number of benzene rings is 3. The lowest BCUT2D eigenvalue weighted by molar-refractivity contribution is 0.102. The first-order chi connectivity index (χ1) is 15.5. The molecule has 32 heavy (non-hydrogen) atoms. The third-order valence-electron chi connectivity index (χ3n) is 4.51.